The van der Waals surface area contributed by atoms with Gasteiger partial charge in [-0.05, 0) is 25.8 Å². The van der Waals surface area contributed by atoms with E-state index in [0.29, 0.717) is 10.9 Å². The smallest absolute Gasteiger partial charge is 0.235 e. The molecule has 2 aliphatic rings. The fourth-order valence-electron chi connectivity index (χ4n) is 2.92. The fraction of sp³-hybridized carbons (Fsp3) is 0.833. The summed E-state index contributed by atoms with van der Waals surface area (Å²) in [5, 5.41) is 0. The Balaban J connectivity index is 2.05. The molecule has 0 radical (unpaired) electrons. The van der Waals surface area contributed by atoms with Crippen LogP contribution < -0.4 is 5.73 Å². The molecular formula is C12H21N3OS. The van der Waals surface area contributed by atoms with Gasteiger partial charge in [0.2, 0.25) is 5.91 Å². The first-order valence-corrected chi connectivity index (χ1v) is 6.64. The highest BCUT2D eigenvalue weighted by molar-refractivity contribution is 7.80. The van der Waals surface area contributed by atoms with Crippen molar-refractivity contribution in [3.63, 3.8) is 0 Å². The maximum absolute atomic E-state index is 12.5. The molecule has 2 rings (SSSR count). The Morgan fingerprint density at radius 2 is 1.82 bits per heavy atom. The summed E-state index contributed by atoms with van der Waals surface area (Å²) in [6.45, 7) is 5.62. The van der Waals surface area contributed by atoms with Gasteiger partial charge in [-0.15, -0.1) is 0 Å². The summed E-state index contributed by atoms with van der Waals surface area (Å²) in [5.41, 5.74) is 5.28. The monoisotopic (exact) mass is 255 g/mol. The van der Waals surface area contributed by atoms with Gasteiger partial charge >= 0.3 is 0 Å². The van der Waals surface area contributed by atoms with Crippen molar-refractivity contribution in [2.24, 2.45) is 17.1 Å². The van der Waals surface area contributed by atoms with Crippen molar-refractivity contribution in [2.75, 3.05) is 33.2 Å². The second-order valence-electron chi connectivity index (χ2n) is 5.56. The Kier molecular flexibility index (Phi) is 3.41. The number of rotatable bonds is 2. The Morgan fingerprint density at radius 1 is 1.29 bits per heavy atom. The predicted octanol–water partition coefficient (Wildman–Crippen LogP) is 0.463. The van der Waals surface area contributed by atoms with Gasteiger partial charge in [-0.3, -0.25) is 4.79 Å². The minimum absolute atomic E-state index is 0.163. The molecule has 0 bridgehead atoms. The van der Waals surface area contributed by atoms with Crippen LogP contribution in [0.4, 0.5) is 0 Å². The number of carbonyl (C=O) groups excluding carboxylic acids is 1. The number of amides is 1. The van der Waals surface area contributed by atoms with E-state index in [1.807, 2.05) is 4.90 Å². The van der Waals surface area contributed by atoms with Crippen LogP contribution in [0.5, 0.6) is 0 Å². The molecule has 0 atom stereocenters. The van der Waals surface area contributed by atoms with Crippen LogP contribution in [0.25, 0.3) is 0 Å². The first-order valence-electron chi connectivity index (χ1n) is 6.23. The van der Waals surface area contributed by atoms with Crippen LogP contribution in [0.3, 0.4) is 0 Å². The maximum Gasteiger partial charge on any atom is 0.235 e. The van der Waals surface area contributed by atoms with Gasteiger partial charge in [-0.25, -0.2) is 0 Å². The quantitative estimate of drug-likeness (QED) is 0.729. The number of piperazine rings is 1. The highest BCUT2D eigenvalue weighted by Gasteiger charge is 2.52. The molecule has 1 heterocycles. The van der Waals surface area contributed by atoms with Crippen LogP contribution in [0.15, 0.2) is 0 Å². The van der Waals surface area contributed by atoms with Crippen molar-refractivity contribution in [1.82, 2.24) is 9.80 Å². The molecule has 0 aromatic heterocycles. The van der Waals surface area contributed by atoms with Crippen LogP contribution in [0, 0.1) is 11.3 Å². The Labute approximate surface area is 108 Å². The minimum Gasteiger partial charge on any atom is -0.392 e. The van der Waals surface area contributed by atoms with Crippen molar-refractivity contribution < 1.29 is 4.79 Å². The molecule has 1 amide bonds. The van der Waals surface area contributed by atoms with Crippen molar-refractivity contribution >= 4 is 23.1 Å². The molecule has 2 fully saturated rings. The molecule has 0 aromatic rings. The van der Waals surface area contributed by atoms with Gasteiger partial charge in [0, 0.05) is 26.2 Å². The number of thiocarbonyl (C=S) groups is 1. The largest absolute Gasteiger partial charge is 0.392 e. The average Bonchev–Trinajstić information content (AvgIpc) is 2.24. The van der Waals surface area contributed by atoms with Crippen molar-refractivity contribution in [2.45, 2.75) is 19.8 Å². The van der Waals surface area contributed by atoms with E-state index in [4.69, 9.17) is 18.0 Å². The molecular weight excluding hydrogens is 234 g/mol. The third-order valence-electron chi connectivity index (χ3n) is 4.07. The molecule has 0 unspecified atom stereocenters. The lowest BCUT2D eigenvalue weighted by atomic mass is 9.61. The maximum atomic E-state index is 12.5. The number of nitrogens with zero attached hydrogens (tertiary/aromatic N) is 2. The molecule has 1 saturated carbocycles. The van der Waals surface area contributed by atoms with E-state index in [-0.39, 0.29) is 5.91 Å². The third-order valence-corrected chi connectivity index (χ3v) is 4.46. The van der Waals surface area contributed by atoms with Gasteiger partial charge in [0.1, 0.15) is 0 Å². The van der Waals surface area contributed by atoms with E-state index in [9.17, 15) is 4.79 Å². The van der Waals surface area contributed by atoms with Crippen LogP contribution in [-0.4, -0.2) is 53.9 Å². The summed E-state index contributed by atoms with van der Waals surface area (Å²) < 4.78 is 0. The van der Waals surface area contributed by atoms with Crippen LogP contribution in [0.2, 0.25) is 0 Å². The van der Waals surface area contributed by atoms with E-state index in [0.717, 1.165) is 39.0 Å². The second-order valence-corrected chi connectivity index (χ2v) is 6.00. The lowest BCUT2D eigenvalue weighted by molar-refractivity contribution is -0.145. The molecule has 17 heavy (non-hydrogen) atoms. The van der Waals surface area contributed by atoms with Crippen molar-refractivity contribution in [3.05, 3.63) is 0 Å². The molecule has 5 heteroatoms. The fourth-order valence-corrected chi connectivity index (χ4v) is 3.18. The van der Waals surface area contributed by atoms with E-state index in [1.165, 1.54) is 0 Å². The van der Waals surface area contributed by atoms with Gasteiger partial charge in [0.15, 0.2) is 0 Å². The molecule has 4 nitrogen and oxygen atoms in total. The first kappa shape index (κ1) is 12.8. The molecule has 0 spiro atoms. The summed E-state index contributed by atoms with van der Waals surface area (Å²) in [6.07, 6.45) is 1.65. The topological polar surface area (TPSA) is 49.6 Å². The standard InChI is InChI=1S/C12H21N3OS/c1-9-7-12(8-9,10(13)17)11(16)15-5-3-14(2)4-6-15/h9H,3-8H2,1-2H3,(H2,13,17). The summed E-state index contributed by atoms with van der Waals surface area (Å²) in [5.74, 6) is 0.726. The van der Waals surface area contributed by atoms with Crippen LogP contribution in [0.1, 0.15) is 19.8 Å². The first-order chi connectivity index (χ1) is 7.95. The molecule has 2 N–H and O–H groups in total. The third kappa shape index (κ3) is 2.18. The average molecular weight is 255 g/mol. The Bertz CT molecular complexity index is 331. The normalized spacial score (nSPS) is 34.2. The van der Waals surface area contributed by atoms with Gasteiger partial charge in [-0.2, -0.15) is 0 Å². The molecule has 1 saturated heterocycles. The van der Waals surface area contributed by atoms with Crippen molar-refractivity contribution in [1.29, 1.82) is 0 Å². The molecule has 96 valence electrons. The lowest BCUT2D eigenvalue weighted by Crippen LogP contribution is -2.60. The zero-order chi connectivity index (χ0) is 12.6. The number of nitrogens with two attached hydrogens (primary N) is 1. The van der Waals surface area contributed by atoms with Gasteiger partial charge in [0.05, 0.1) is 10.4 Å². The lowest BCUT2D eigenvalue weighted by Gasteiger charge is -2.47. The Morgan fingerprint density at radius 3 is 2.24 bits per heavy atom. The van der Waals surface area contributed by atoms with Gasteiger partial charge in [0.25, 0.3) is 0 Å². The van der Waals surface area contributed by atoms with Gasteiger partial charge in [-0.1, -0.05) is 19.1 Å². The number of likely N-dealkylation sites (N-methyl/N-ethyl adjacent to an activating group) is 1. The highest BCUT2D eigenvalue weighted by atomic mass is 32.1. The molecule has 0 aromatic carbocycles. The van der Waals surface area contributed by atoms with E-state index < -0.39 is 5.41 Å². The van der Waals surface area contributed by atoms with Crippen LogP contribution in [-0.2, 0) is 4.79 Å². The second kappa shape index (κ2) is 4.53. The number of hydrogen-bond donors (Lipinski definition) is 1. The number of hydrogen-bond acceptors (Lipinski definition) is 3. The summed E-state index contributed by atoms with van der Waals surface area (Å²) in [4.78, 5) is 17.1. The SMILES string of the molecule is CC1CC(C(=O)N2CCN(C)CC2)(C(N)=S)C1. The van der Waals surface area contributed by atoms with E-state index >= 15 is 0 Å². The summed E-state index contributed by atoms with van der Waals surface area (Å²) >= 11 is 5.12. The zero-order valence-electron chi connectivity index (χ0n) is 10.6. The predicted molar refractivity (Wildman–Crippen MR) is 71.7 cm³/mol. The number of carbonyl (C=O) groups is 1. The minimum atomic E-state index is -0.523. The highest BCUT2D eigenvalue weighted by Crippen LogP contribution is 2.47. The van der Waals surface area contributed by atoms with E-state index in [2.05, 4.69) is 18.9 Å². The molecule has 1 aliphatic carbocycles. The Hall–Kier alpha value is -0.680. The molecule has 1 aliphatic heterocycles. The summed E-state index contributed by atoms with van der Waals surface area (Å²) in [6, 6.07) is 0. The zero-order valence-corrected chi connectivity index (χ0v) is 11.4. The van der Waals surface area contributed by atoms with E-state index in [1.54, 1.807) is 0 Å². The summed E-state index contributed by atoms with van der Waals surface area (Å²) in [7, 11) is 2.08. The van der Waals surface area contributed by atoms with Crippen LogP contribution >= 0.6 is 12.2 Å². The van der Waals surface area contributed by atoms with Crippen molar-refractivity contribution in [3.8, 4) is 0 Å². The van der Waals surface area contributed by atoms with Gasteiger partial charge < -0.3 is 15.5 Å².